The van der Waals surface area contributed by atoms with Gasteiger partial charge in [-0.2, -0.15) is 0 Å². The van der Waals surface area contributed by atoms with E-state index in [4.69, 9.17) is 4.99 Å². The highest BCUT2D eigenvalue weighted by Gasteiger charge is 2.22. The van der Waals surface area contributed by atoms with Gasteiger partial charge in [0.05, 0.1) is 4.90 Å². The topological polar surface area (TPSA) is 61.8 Å². The van der Waals surface area contributed by atoms with E-state index >= 15 is 0 Å². The number of para-hydroxylation sites is 1. The molecule has 26 heavy (non-hydrogen) atoms. The van der Waals surface area contributed by atoms with Crippen molar-refractivity contribution in [2.24, 2.45) is 4.99 Å². The summed E-state index contributed by atoms with van der Waals surface area (Å²) in [6, 6.07) is 15.5. The fourth-order valence-electron chi connectivity index (χ4n) is 3.15. The zero-order valence-corrected chi connectivity index (χ0v) is 16.1. The molecule has 0 fully saturated rings. The zero-order valence-electron chi connectivity index (χ0n) is 15.3. The highest BCUT2D eigenvalue weighted by molar-refractivity contribution is 7.90. The maximum absolute atomic E-state index is 11.5. The van der Waals surface area contributed by atoms with Crippen LogP contribution in [-0.2, 0) is 22.7 Å². The number of nitrogens with one attached hydrogen (secondary N) is 1. The lowest BCUT2D eigenvalue weighted by Gasteiger charge is -2.22. The number of hydrogen-bond donors (Lipinski definition) is 1. The molecule has 5 nitrogen and oxygen atoms in total. The third-order valence-corrected chi connectivity index (χ3v) is 5.62. The monoisotopic (exact) mass is 371 g/mol. The Labute approximate surface area is 155 Å². The Bertz CT molecular complexity index is 890. The molecule has 0 bridgehead atoms. The van der Waals surface area contributed by atoms with Crippen LogP contribution in [0.4, 0.5) is 5.69 Å². The number of guanidine groups is 1. The fraction of sp³-hybridized carbons (Fsp3) is 0.350. The molecule has 1 aliphatic heterocycles. The van der Waals surface area contributed by atoms with Crippen LogP contribution < -0.4 is 10.2 Å². The van der Waals surface area contributed by atoms with Gasteiger partial charge in [0.25, 0.3) is 0 Å². The molecule has 0 unspecified atom stereocenters. The van der Waals surface area contributed by atoms with Gasteiger partial charge in [-0.3, -0.25) is 4.99 Å². The number of anilines is 1. The average molecular weight is 372 g/mol. The summed E-state index contributed by atoms with van der Waals surface area (Å²) in [4.78, 5) is 7.37. The lowest BCUT2D eigenvalue weighted by Crippen LogP contribution is -2.40. The fourth-order valence-corrected chi connectivity index (χ4v) is 3.78. The Morgan fingerprint density at radius 1 is 1.15 bits per heavy atom. The molecule has 2 aromatic rings. The molecule has 1 heterocycles. The number of nitrogens with zero attached hydrogens (tertiary/aromatic N) is 2. The van der Waals surface area contributed by atoms with Crippen molar-refractivity contribution in [2.75, 3.05) is 30.8 Å². The van der Waals surface area contributed by atoms with Crippen molar-refractivity contribution in [2.45, 2.75) is 24.7 Å². The number of fused-ring (bicyclic) bond motifs is 1. The van der Waals surface area contributed by atoms with Gasteiger partial charge < -0.3 is 10.2 Å². The summed E-state index contributed by atoms with van der Waals surface area (Å²) in [6.07, 6.45) is 3.03. The molecule has 138 valence electrons. The van der Waals surface area contributed by atoms with Crippen LogP contribution in [0.1, 0.15) is 18.1 Å². The van der Waals surface area contributed by atoms with E-state index in [9.17, 15) is 8.42 Å². The molecule has 2 aromatic carbocycles. The molecule has 0 amide bonds. The van der Waals surface area contributed by atoms with Gasteiger partial charge in [0.1, 0.15) is 0 Å². The zero-order chi connectivity index (χ0) is 18.6. The molecule has 0 spiro atoms. The van der Waals surface area contributed by atoms with Crippen molar-refractivity contribution in [1.82, 2.24) is 5.32 Å². The SMILES string of the molecule is CCNC(=NCCc1ccc(S(C)(=O)=O)cc1)N1CCc2ccccc21. The number of hydrogen-bond acceptors (Lipinski definition) is 3. The van der Waals surface area contributed by atoms with Gasteiger partial charge in [-0.1, -0.05) is 30.3 Å². The van der Waals surface area contributed by atoms with Gasteiger partial charge in [-0.15, -0.1) is 0 Å². The Balaban J connectivity index is 1.69. The maximum atomic E-state index is 11.5. The summed E-state index contributed by atoms with van der Waals surface area (Å²) in [5.41, 5.74) is 3.66. The van der Waals surface area contributed by atoms with E-state index in [1.807, 2.05) is 12.1 Å². The molecule has 6 heteroatoms. The Morgan fingerprint density at radius 2 is 1.88 bits per heavy atom. The van der Waals surface area contributed by atoms with Crippen LogP contribution in [-0.4, -0.2) is 40.3 Å². The summed E-state index contributed by atoms with van der Waals surface area (Å²) in [6.45, 7) is 4.48. The minimum atomic E-state index is -3.14. The van der Waals surface area contributed by atoms with Crippen LogP contribution in [0.15, 0.2) is 58.4 Å². The van der Waals surface area contributed by atoms with Crippen LogP contribution in [0, 0.1) is 0 Å². The van der Waals surface area contributed by atoms with Gasteiger partial charge in [-0.25, -0.2) is 8.42 Å². The largest absolute Gasteiger partial charge is 0.356 e. The first-order chi connectivity index (χ1) is 12.5. The van der Waals surface area contributed by atoms with E-state index in [1.54, 1.807) is 12.1 Å². The highest BCUT2D eigenvalue weighted by Crippen LogP contribution is 2.27. The van der Waals surface area contributed by atoms with E-state index in [0.717, 1.165) is 37.5 Å². The first-order valence-corrected chi connectivity index (χ1v) is 10.8. The van der Waals surface area contributed by atoms with Gasteiger partial charge in [0.2, 0.25) is 0 Å². The van der Waals surface area contributed by atoms with Gasteiger partial charge >= 0.3 is 0 Å². The predicted molar refractivity (Wildman–Crippen MR) is 107 cm³/mol. The summed E-state index contributed by atoms with van der Waals surface area (Å²) in [7, 11) is -3.14. The second-order valence-corrected chi connectivity index (χ2v) is 8.45. The Morgan fingerprint density at radius 3 is 2.58 bits per heavy atom. The molecule has 0 aliphatic carbocycles. The van der Waals surface area contributed by atoms with E-state index in [0.29, 0.717) is 11.4 Å². The Hall–Kier alpha value is -2.34. The standard InChI is InChI=1S/C20H25N3O2S/c1-3-21-20(23-15-13-17-6-4-5-7-19(17)23)22-14-12-16-8-10-18(11-9-16)26(2,24)25/h4-11H,3,12-15H2,1-2H3,(H,21,22). The van der Waals surface area contributed by atoms with Crippen molar-refractivity contribution in [3.05, 3.63) is 59.7 Å². The molecule has 3 rings (SSSR count). The van der Waals surface area contributed by atoms with Crippen LogP contribution in [0.25, 0.3) is 0 Å². The smallest absolute Gasteiger partial charge is 0.198 e. The van der Waals surface area contributed by atoms with Crippen LogP contribution in [0.5, 0.6) is 0 Å². The van der Waals surface area contributed by atoms with Crippen molar-refractivity contribution in [3.8, 4) is 0 Å². The van der Waals surface area contributed by atoms with Crippen LogP contribution in [0.2, 0.25) is 0 Å². The third kappa shape index (κ3) is 4.25. The average Bonchev–Trinajstić information content (AvgIpc) is 3.05. The lowest BCUT2D eigenvalue weighted by molar-refractivity contribution is 0.602. The summed E-state index contributed by atoms with van der Waals surface area (Å²) in [5.74, 6) is 0.908. The normalized spacial score (nSPS) is 14.4. The molecule has 0 aromatic heterocycles. The molecule has 1 aliphatic rings. The van der Waals surface area contributed by atoms with Crippen LogP contribution >= 0.6 is 0 Å². The van der Waals surface area contributed by atoms with E-state index in [-0.39, 0.29) is 0 Å². The molecule has 1 N–H and O–H groups in total. The third-order valence-electron chi connectivity index (χ3n) is 4.49. The highest BCUT2D eigenvalue weighted by atomic mass is 32.2. The van der Waals surface area contributed by atoms with Crippen LogP contribution in [0.3, 0.4) is 0 Å². The van der Waals surface area contributed by atoms with Crippen molar-refractivity contribution < 1.29 is 8.42 Å². The first kappa shape index (κ1) is 18.5. The summed E-state index contributed by atoms with van der Waals surface area (Å²) >= 11 is 0. The van der Waals surface area contributed by atoms with Crippen molar-refractivity contribution in [3.63, 3.8) is 0 Å². The number of sulfone groups is 1. The van der Waals surface area contributed by atoms with Gasteiger partial charge in [0, 0.05) is 31.6 Å². The number of benzene rings is 2. The maximum Gasteiger partial charge on any atom is 0.198 e. The van der Waals surface area contributed by atoms with E-state index in [2.05, 4.69) is 41.4 Å². The van der Waals surface area contributed by atoms with Crippen molar-refractivity contribution >= 4 is 21.5 Å². The molecule has 0 saturated carbocycles. The quantitative estimate of drug-likeness (QED) is 0.648. The number of rotatable bonds is 5. The van der Waals surface area contributed by atoms with Crippen molar-refractivity contribution in [1.29, 1.82) is 0 Å². The van der Waals surface area contributed by atoms with Gasteiger partial charge in [0.15, 0.2) is 15.8 Å². The number of aliphatic imine (C=N–C) groups is 1. The Kier molecular flexibility index (Phi) is 5.61. The minimum Gasteiger partial charge on any atom is -0.356 e. The molecule has 0 radical (unpaired) electrons. The van der Waals surface area contributed by atoms with E-state index < -0.39 is 9.84 Å². The second-order valence-electron chi connectivity index (χ2n) is 6.43. The predicted octanol–water partition coefficient (Wildman–Crippen LogP) is 2.66. The molecule has 0 atom stereocenters. The first-order valence-electron chi connectivity index (χ1n) is 8.92. The molecular weight excluding hydrogens is 346 g/mol. The molecular formula is C20H25N3O2S. The molecule has 0 saturated heterocycles. The summed E-state index contributed by atoms with van der Waals surface area (Å²) < 4.78 is 23.1. The summed E-state index contributed by atoms with van der Waals surface area (Å²) in [5, 5.41) is 3.38. The second kappa shape index (κ2) is 7.91. The minimum absolute atomic E-state index is 0.353. The van der Waals surface area contributed by atoms with E-state index in [1.165, 1.54) is 17.5 Å². The van der Waals surface area contributed by atoms with Gasteiger partial charge in [-0.05, 0) is 49.1 Å². The lowest BCUT2D eigenvalue weighted by atomic mass is 10.1.